The smallest absolute Gasteiger partial charge is 0.241 e. The Morgan fingerprint density at radius 1 is 1.29 bits per heavy atom. The van der Waals surface area contributed by atoms with Gasteiger partial charge in [-0.3, -0.25) is 19.1 Å². The number of piperazine rings is 1. The van der Waals surface area contributed by atoms with Gasteiger partial charge in [0.05, 0.1) is 37.3 Å². The van der Waals surface area contributed by atoms with E-state index in [4.69, 9.17) is 5.11 Å². The third-order valence-corrected chi connectivity index (χ3v) is 4.53. The van der Waals surface area contributed by atoms with Gasteiger partial charge in [-0.25, -0.2) is 0 Å². The summed E-state index contributed by atoms with van der Waals surface area (Å²) in [5, 5.41) is 17.7. The van der Waals surface area contributed by atoms with E-state index in [-0.39, 0.29) is 12.5 Å². The van der Waals surface area contributed by atoms with Crippen LogP contribution in [0.3, 0.4) is 0 Å². The van der Waals surface area contributed by atoms with Gasteiger partial charge in [-0.15, -0.1) is 0 Å². The fraction of sp³-hybridized carbons (Fsp3) is 0.562. The maximum atomic E-state index is 12.5. The SMILES string of the molecule is Cc1nn(CCO)c(C)c1CN1CCN(c2cnn(C)c2)C(=O)C1. The quantitative estimate of drug-likeness (QED) is 0.838. The zero-order valence-corrected chi connectivity index (χ0v) is 14.4. The average molecular weight is 332 g/mol. The molecule has 0 saturated carbocycles. The zero-order valence-electron chi connectivity index (χ0n) is 14.4. The minimum Gasteiger partial charge on any atom is -0.394 e. The van der Waals surface area contributed by atoms with Gasteiger partial charge in [0.15, 0.2) is 0 Å². The Bertz CT molecular complexity index is 735. The van der Waals surface area contributed by atoms with Crippen LogP contribution in [0.1, 0.15) is 17.0 Å². The van der Waals surface area contributed by atoms with Crippen LogP contribution in [0.2, 0.25) is 0 Å². The monoisotopic (exact) mass is 332 g/mol. The highest BCUT2D eigenvalue weighted by Gasteiger charge is 2.27. The van der Waals surface area contributed by atoms with E-state index in [1.165, 1.54) is 0 Å². The second-order valence-electron chi connectivity index (χ2n) is 6.22. The first-order valence-electron chi connectivity index (χ1n) is 8.14. The van der Waals surface area contributed by atoms with Gasteiger partial charge in [-0.05, 0) is 13.8 Å². The molecule has 1 aliphatic rings. The van der Waals surface area contributed by atoms with E-state index in [0.717, 1.165) is 29.2 Å². The molecule has 1 amide bonds. The number of amides is 1. The van der Waals surface area contributed by atoms with Crippen LogP contribution in [-0.2, 0) is 24.9 Å². The number of aliphatic hydroxyl groups is 1. The Labute approximate surface area is 141 Å². The minimum absolute atomic E-state index is 0.0731. The van der Waals surface area contributed by atoms with Crippen molar-refractivity contribution >= 4 is 11.6 Å². The van der Waals surface area contributed by atoms with E-state index in [9.17, 15) is 4.79 Å². The van der Waals surface area contributed by atoms with E-state index in [1.807, 2.05) is 31.8 Å². The Morgan fingerprint density at radius 3 is 2.71 bits per heavy atom. The molecule has 1 N–H and O–H groups in total. The lowest BCUT2D eigenvalue weighted by molar-refractivity contribution is -0.121. The Balaban J connectivity index is 1.67. The number of hydrogen-bond donors (Lipinski definition) is 1. The topological polar surface area (TPSA) is 79.4 Å². The first kappa shape index (κ1) is 16.7. The van der Waals surface area contributed by atoms with Crippen LogP contribution in [0.25, 0.3) is 0 Å². The summed E-state index contributed by atoms with van der Waals surface area (Å²) in [5.74, 6) is 0.0901. The lowest BCUT2D eigenvalue weighted by Gasteiger charge is -2.33. The van der Waals surface area contributed by atoms with Gasteiger partial charge < -0.3 is 10.0 Å². The molecule has 0 bridgehead atoms. The molecule has 1 aliphatic heterocycles. The van der Waals surface area contributed by atoms with E-state index < -0.39 is 0 Å². The van der Waals surface area contributed by atoms with E-state index in [0.29, 0.717) is 26.2 Å². The molecule has 130 valence electrons. The highest BCUT2D eigenvalue weighted by molar-refractivity contribution is 5.95. The maximum Gasteiger partial charge on any atom is 0.241 e. The van der Waals surface area contributed by atoms with E-state index >= 15 is 0 Å². The van der Waals surface area contributed by atoms with Crippen LogP contribution in [0.5, 0.6) is 0 Å². The summed E-state index contributed by atoms with van der Waals surface area (Å²) >= 11 is 0. The van der Waals surface area contributed by atoms with Crippen molar-refractivity contribution in [2.75, 3.05) is 31.1 Å². The number of hydrogen-bond acceptors (Lipinski definition) is 5. The van der Waals surface area contributed by atoms with Gasteiger partial charge in [-0.1, -0.05) is 0 Å². The molecule has 0 aliphatic carbocycles. The summed E-state index contributed by atoms with van der Waals surface area (Å²) in [5.41, 5.74) is 4.02. The zero-order chi connectivity index (χ0) is 17.3. The largest absolute Gasteiger partial charge is 0.394 e. The molecule has 2 aromatic heterocycles. The number of aryl methyl sites for hydroxylation is 2. The molecule has 0 atom stereocenters. The number of nitrogens with zero attached hydrogens (tertiary/aromatic N) is 6. The summed E-state index contributed by atoms with van der Waals surface area (Å²) in [6.45, 7) is 7.12. The molecule has 0 unspecified atom stereocenters. The summed E-state index contributed by atoms with van der Waals surface area (Å²) in [7, 11) is 1.85. The Kier molecular flexibility index (Phi) is 4.68. The van der Waals surface area contributed by atoms with Crippen molar-refractivity contribution in [2.45, 2.75) is 26.9 Å². The molecule has 1 saturated heterocycles. The van der Waals surface area contributed by atoms with Crippen LogP contribution in [0.4, 0.5) is 5.69 Å². The molecule has 2 aromatic rings. The van der Waals surface area contributed by atoms with Crippen molar-refractivity contribution < 1.29 is 9.90 Å². The molecule has 3 heterocycles. The van der Waals surface area contributed by atoms with Gasteiger partial charge in [-0.2, -0.15) is 10.2 Å². The van der Waals surface area contributed by atoms with Crippen molar-refractivity contribution in [3.8, 4) is 0 Å². The lowest BCUT2D eigenvalue weighted by Crippen LogP contribution is -2.50. The third kappa shape index (κ3) is 3.20. The predicted octanol–water partition coefficient (Wildman–Crippen LogP) is 0.0745. The first-order valence-corrected chi connectivity index (χ1v) is 8.14. The molecule has 1 fully saturated rings. The predicted molar refractivity (Wildman–Crippen MR) is 89.6 cm³/mol. The number of anilines is 1. The molecule has 0 radical (unpaired) electrons. The van der Waals surface area contributed by atoms with Crippen molar-refractivity contribution in [1.29, 1.82) is 0 Å². The summed E-state index contributed by atoms with van der Waals surface area (Å²) in [4.78, 5) is 16.4. The van der Waals surface area contributed by atoms with Gasteiger partial charge in [0.1, 0.15) is 0 Å². The molecular formula is C16H24N6O2. The second-order valence-corrected chi connectivity index (χ2v) is 6.22. The summed E-state index contributed by atoms with van der Waals surface area (Å²) in [6.07, 6.45) is 3.58. The summed E-state index contributed by atoms with van der Waals surface area (Å²) in [6, 6.07) is 0. The van der Waals surface area contributed by atoms with Gasteiger partial charge in [0.25, 0.3) is 0 Å². The highest BCUT2D eigenvalue weighted by Crippen LogP contribution is 2.20. The van der Waals surface area contributed by atoms with E-state index in [2.05, 4.69) is 15.1 Å². The molecule has 8 heteroatoms. The second kappa shape index (κ2) is 6.74. The lowest BCUT2D eigenvalue weighted by atomic mass is 10.1. The number of aromatic nitrogens is 4. The summed E-state index contributed by atoms with van der Waals surface area (Å²) < 4.78 is 3.54. The van der Waals surface area contributed by atoms with E-state index in [1.54, 1.807) is 15.8 Å². The normalized spacial score (nSPS) is 16.2. The Morgan fingerprint density at radius 2 is 2.08 bits per heavy atom. The number of rotatable bonds is 5. The molecule has 8 nitrogen and oxygen atoms in total. The van der Waals surface area contributed by atoms with Crippen LogP contribution < -0.4 is 4.90 Å². The van der Waals surface area contributed by atoms with Crippen molar-refractivity contribution in [3.63, 3.8) is 0 Å². The number of carbonyl (C=O) groups is 1. The molecule has 0 aromatic carbocycles. The van der Waals surface area contributed by atoms with Crippen molar-refractivity contribution in [3.05, 3.63) is 29.3 Å². The van der Waals surface area contributed by atoms with Gasteiger partial charge in [0, 0.05) is 44.1 Å². The minimum atomic E-state index is 0.0731. The molecular weight excluding hydrogens is 308 g/mol. The number of aliphatic hydroxyl groups excluding tert-OH is 1. The van der Waals surface area contributed by atoms with Crippen LogP contribution in [0.15, 0.2) is 12.4 Å². The molecule has 24 heavy (non-hydrogen) atoms. The van der Waals surface area contributed by atoms with Gasteiger partial charge in [0.2, 0.25) is 5.91 Å². The molecule has 3 rings (SSSR count). The van der Waals surface area contributed by atoms with Crippen LogP contribution in [0, 0.1) is 13.8 Å². The average Bonchev–Trinajstić information content (AvgIpc) is 3.07. The highest BCUT2D eigenvalue weighted by atomic mass is 16.3. The third-order valence-electron chi connectivity index (χ3n) is 4.53. The molecule has 0 spiro atoms. The van der Waals surface area contributed by atoms with Crippen LogP contribution >= 0.6 is 0 Å². The van der Waals surface area contributed by atoms with Crippen LogP contribution in [-0.4, -0.2) is 61.7 Å². The standard InChI is InChI=1S/C16H24N6O2/c1-12-15(13(2)22(18-12)6-7-23)10-20-4-5-21(16(24)11-20)14-8-17-19(3)9-14/h8-9,23H,4-7,10-11H2,1-3H3. The fourth-order valence-corrected chi connectivity index (χ4v) is 3.18. The van der Waals surface area contributed by atoms with Gasteiger partial charge >= 0.3 is 0 Å². The number of carbonyl (C=O) groups excluding carboxylic acids is 1. The maximum absolute atomic E-state index is 12.5. The van der Waals surface area contributed by atoms with Crippen molar-refractivity contribution in [1.82, 2.24) is 24.5 Å². The van der Waals surface area contributed by atoms with Crippen molar-refractivity contribution in [2.24, 2.45) is 7.05 Å². The Hall–Kier alpha value is -2.19. The fourth-order valence-electron chi connectivity index (χ4n) is 3.18. The first-order chi connectivity index (χ1) is 11.5.